The Labute approximate surface area is 195 Å². The second kappa shape index (κ2) is 9.17. The molecule has 0 bridgehead atoms. The van der Waals surface area contributed by atoms with Crippen LogP contribution in [0.4, 0.5) is 19.0 Å². The molecule has 10 heteroatoms. The number of rotatable bonds is 5. The van der Waals surface area contributed by atoms with E-state index in [1.807, 2.05) is 0 Å². The number of nitrogens with zero attached hydrogens (tertiary/aromatic N) is 4. The molecular formula is C24H26F3N5O2. The number of hydrogen-bond acceptors (Lipinski definition) is 6. The smallest absolute Gasteiger partial charge is 0.266 e. The highest BCUT2D eigenvalue weighted by atomic mass is 19.3. The molecule has 0 aliphatic carbocycles. The van der Waals surface area contributed by atoms with Gasteiger partial charge in [-0.2, -0.15) is 0 Å². The van der Waals surface area contributed by atoms with Crippen LogP contribution in [-0.4, -0.2) is 44.0 Å². The number of benzene rings is 1. The van der Waals surface area contributed by atoms with Gasteiger partial charge in [0.05, 0.1) is 29.0 Å². The molecule has 4 rings (SSSR count). The maximum absolute atomic E-state index is 14.7. The number of aromatic nitrogens is 3. The van der Waals surface area contributed by atoms with Gasteiger partial charge in [0.2, 0.25) is 5.91 Å². The summed E-state index contributed by atoms with van der Waals surface area (Å²) in [5.41, 5.74) is -0.826. The summed E-state index contributed by atoms with van der Waals surface area (Å²) in [6, 6.07) is 4.94. The first-order valence-electron chi connectivity index (χ1n) is 11.0. The monoisotopic (exact) mass is 473 g/mol. The molecule has 1 aliphatic rings. The molecule has 1 unspecified atom stereocenters. The zero-order valence-electron chi connectivity index (χ0n) is 19.1. The van der Waals surface area contributed by atoms with Gasteiger partial charge < -0.3 is 15.3 Å². The Hall–Kier alpha value is -3.27. The van der Waals surface area contributed by atoms with E-state index in [2.05, 4.69) is 20.3 Å². The second-order valence-corrected chi connectivity index (χ2v) is 8.66. The van der Waals surface area contributed by atoms with Crippen molar-refractivity contribution in [2.45, 2.75) is 51.7 Å². The molecule has 7 nitrogen and oxygen atoms in total. The number of amides is 1. The van der Waals surface area contributed by atoms with Crippen LogP contribution in [0.5, 0.6) is 0 Å². The van der Waals surface area contributed by atoms with Crippen LogP contribution in [0.25, 0.3) is 10.9 Å². The molecule has 0 spiro atoms. The Morgan fingerprint density at radius 2 is 1.88 bits per heavy atom. The van der Waals surface area contributed by atoms with E-state index < -0.39 is 29.4 Å². The van der Waals surface area contributed by atoms with Gasteiger partial charge in [-0.1, -0.05) is 18.2 Å². The predicted molar refractivity (Wildman–Crippen MR) is 121 cm³/mol. The third-order valence-corrected chi connectivity index (χ3v) is 6.32. The van der Waals surface area contributed by atoms with E-state index in [1.54, 1.807) is 31.0 Å². The van der Waals surface area contributed by atoms with Gasteiger partial charge >= 0.3 is 0 Å². The van der Waals surface area contributed by atoms with Crippen molar-refractivity contribution >= 4 is 22.6 Å². The second-order valence-electron chi connectivity index (χ2n) is 8.66. The Balaban J connectivity index is 1.68. The predicted octanol–water partition coefficient (Wildman–Crippen LogP) is 4.41. The minimum atomic E-state index is -2.92. The number of carbonyl (C=O) groups excluding carboxylic acids is 1. The van der Waals surface area contributed by atoms with Crippen LogP contribution in [0.2, 0.25) is 0 Å². The van der Waals surface area contributed by atoms with Gasteiger partial charge in [0.1, 0.15) is 23.1 Å². The summed E-state index contributed by atoms with van der Waals surface area (Å²) in [6.45, 7) is 5.68. The highest BCUT2D eigenvalue weighted by Gasteiger charge is 2.36. The molecular weight excluding hydrogens is 447 g/mol. The fourth-order valence-corrected chi connectivity index (χ4v) is 4.31. The van der Waals surface area contributed by atoms with Gasteiger partial charge in [-0.3, -0.25) is 9.78 Å². The quantitative estimate of drug-likeness (QED) is 0.570. The number of anilines is 1. The third-order valence-electron chi connectivity index (χ3n) is 6.32. The molecule has 180 valence electrons. The Bertz CT molecular complexity index is 1230. The third kappa shape index (κ3) is 4.54. The van der Waals surface area contributed by atoms with E-state index in [0.29, 0.717) is 54.2 Å². The Morgan fingerprint density at radius 3 is 2.53 bits per heavy atom. The normalized spacial score (nSPS) is 16.6. The minimum Gasteiger partial charge on any atom is -0.383 e. The van der Waals surface area contributed by atoms with E-state index in [-0.39, 0.29) is 11.5 Å². The lowest BCUT2D eigenvalue weighted by Gasteiger charge is -2.37. The number of nitrogens with one attached hydrogen (secondary N) is 1. The van der Waals surface area contributed by atoms with Crippen molar-refractivity contribution in [1.82, 2.24) is 19.9 Å². The molecule has 1 amide bonds. The van der Waals surface area contributed by atoms with Crippen LogP contribution in [0.15, 0.2) is 30.5 Å². The number of likely N-dealkylation sites (tertiary alicyclic amines) is 1. The molecule has 1 saturated heterocycles. The van der Waals surface area contributed by atoms with Crippen molar-refractivity contribution in [3.63, 3.8) is 0 Å². The molecule has 1 atom stereocenters. The minimum absolute atomic E-state index is 0.0407. The van der Waals surface area contributed by atoms with E-state index in [1.165, 1.54) is 19.1 Å². The van der Waals surface area contributed by atoms with Crippen LogP contribution >= 0.6 is 0 Å². The van der Waals surface area contributed by atoms with E-state index in [4.69, 9.17) is 0 Å². The van der Waals surface area contributed by atoms with Gasteiger partial charge in [-0.15, -0.1) is 0 Å². The molecule has 0 saturated carbocycles. The number of aliphatic hydroxyl groups is 1. The molecule has 1 aliphatic heterocycles. The number of fused-ring (bicyclic) bond motifs is 1. The van der Waals surface area contributed by atoms with Crippen molar-refractivity contribution in [1.29, 1.82) is 0 Å². The van der Waals surface area contributed by atoms with Crippen LogP contribution in [0.1, 0.15) is 61.8 Å². The summed E-state index contributed by atoms with van der Waals surface area (Å²) < 4.78 is 41.0. The molecule has 34 heavy (non-hydrogen) atoms. The highest BCUT2D eigenvalue weighted by molar-refractivity contribution is 5.89. The topological polar surface area (TPSA) is 91.2 Å². The lowest BCUT2D eigenvalue weighted by molar-refractivity contribution is -0.133. The summed E-state index contributed by atoms with van der Waals surface area (Å²) in [4.78, 5) is 26.6. The van der Waals surface area contributed by atoms with Crippen molar-refractivity contribution in [2.24, 2.45) is 0 Å². The van der Waals surface area contributed by atoms with Crippen LogP contribution in [0.3, 0.4) is 0 Å². The van der Waals surface area contributed by atoms with Crippen LogP contribution in [-0.2, 0) is 10.4 Å². The summed E-state index contributed by atoms with van der Waals surface area (Å²) in [5.74, 6) is -0.167. The molecule has 2 aromatic heterocycles. The van der Waals surface area contributed by atoms with Crippen LogP contribution < -0.4 is 5.32 Å². The van der Waals surface area contributed by atoms with Crippen molar-refractivity contribution in [3.05, 3.63) is 58.9 Å². The number of pyridine rings is 1. The lowest BCUT2D eigenvalue weighted by atomic mass is 9.87. The zero-order chi connectivity index (χ0) is 24.6. The summed E-state index contributed by atoms with van der Waals surface area (Å²) in [5, 5.41) is 14.9. The van der Waals surface area contributed by atoms with E-state index in [9.17, 15) is 23.1 Å². The Morgan fingerprint density at radius 1 is 1.21 bits per heavy atom. The lowest BCUT2D eigenvalue weighted by Crippen LogP contribution is -2.44. The highest BCUT2D eigenvalue weighted by Crippen LogP contribution is 2.35. The Kier molecular flexibility index (Phi) is 6.44. The fraction of sp³-hybridized carbons (Fsp3) is 0.417. The standard InChI is InChI=1S/C24H26F3N5O2/c1-13(16-5-4-6-17(21(16)25)22(26)27)29-23-18-11-20(28-12-19(18)30-14(2)31-23)24(34)7-9-32(10-8-24)15(3)33/h4-6,11-13,22,34H,7-10H2,1-3H3,(H,29,30,31). The van der Waals surface area contributed by atoms with Gasteiger partial charge in [0, 0.05) is 31.0 Å². The number of halogens is 3. The molecule has 0 radical (unpaired) electrons. The number of carbonyl (C=O) groups is 1. The van der Waals surface area contributed by atoms with Crippen molar-refractivity contribution in [2.75, 3.05) is 18.4 Å². The first-order chi connectivity index (χ1) is 16.1. The molecule has 1 fully saturated rings. The molecule has 3 aromatic rings. The first kappa shape index (κ1) is 23.9. The summed E-state index contributed by atoms with van der Waals surface area (Å²) >= 11 is 0. The SMILES string of the molecule is CC(=O)N1CCC(O)(c2cc3c(NC(C)c4cccc(C(F)F)c4F)nc(C)nc3cn2)CC1. The van der Waals surface area contributed by atoms with Gasteiger partial charge in [-0.05, 0) is 32.8 Å². The molecule has 3 heterocycles. The average Bonchev–Trinajstić information content (AvgIpc) is 2.78. The number of aryl methyl sites for hydroxylation is 1. The van der Waals surface area contributed by atoms with Crippen molar-refractivity contribution < 1.29 is 23.1 Å². The van der Waals surface area contributed by atoms with Crippen LogP contribution in [0, 0.1) is 12.7 Å². The summed E-state index contributed by atoms with van der Waals surface area (Å²) in [6.07, 6.45) is -0.702. The number of alkyl halides is 2. The van der Waals surface area contributed by atoms with Gasteiger partial charge in [0.15, 0.2) is 0 Å². The van der Waals surface area contributed by atoms with Gasteiger partial charge in [0.25, 0.3) is 6.43 Å². The van der Waals surface area contributed by atoms with E-state index >= 15 is 0 Å². The van der Waals surface area contributed by atoms with E-state index in [0.717, 1.165) is 6.07 Å². The molecule has 2 N–H and O–H groups in total. The molecule has 1 aromatic carbocycles. The largest absolute Gasteiger partial charge is 0.383 e. The van der Waals surface area contributed by atoms with Crippen molar-refractivity contribution in [3.8, 4) is 0 Å². The first-order valence-corrected chi connectivity index (χ1v) is 11.0. The fourth-order valence-electron chi connectivity index (χ4n) is 4.31. The summed E-state index contributed by atoms with van der Waals surface area (Å²) in [7, 11) is 0. The maximum Gasteiger partial charge on any atom is 0.266 e. The number of piperidine rings is 1. The number of hydrogen-bond donors (Lipinski definition) is 2. The average molecular weight is 473 g/mol. The van der Waals surface area contributed by atoms with Gasteiger partial charge in [-0.25, -0.2) is 23.1 Å². The zero-order valence-corrected chi connectivity index (χ0v) is 19.1. The maximum atomic E-state index is 14.7.